The zero-order valence-corrected chi connectivity index (χ0v) is 13.0. The molecule has 0 aliphatic heterocycles. The molecule has 1 aliphatic rings. The van der Waals surface area contributed by atoms with Gasteiger partial charge in [0.15, 0.2) is 0 Å². The molecule has 0 aromatic heterocycles. The Morgan fingerprint density at radius 2 is 2.05 bits per heavy atom. The van der Waals surface area contributed by atoms with E-state index in [1.807, 2.05) is 24.3 Å². The molecule has 2 rings (SSSR count). The van der Waals surface area contributed by atoms with Crippen molar-refractivity contribution in [2.45, 2.75) is 38.6 Å². The van der Waals surface area contributed by atoms with Gasteiger partial charge in [-0.1, -0.05) is 25.5 Å². The van der Waals surface area contributed by atoms with Gasteiger partial charge in [-0.05, 0) is 48.9 Å². The largest absolute Gasteiger partial charge is 0.497 e. The predicted molar refractivity (Wildman–Crippen MR) is 84.1 cm³/mol. The first-order valence-corrected chi connectivity index (χ1v) is 7.81. The maximum absolute atomic E-state index is 12.2. The molecule has 4 heteroatoms. The molecule has 0 spiro atoms. The van der Waals surface area contributed by atoms with E-state index in [0.29, 0.717) is 18.9 Å². The van der Waals surface area contributed by atoms with Crippen LogP contribution in [0.1, 0.15) is 44.2 Å². The Kier molecular flexibility index (Phi) is 5.62. The van der Waals surface area contributed by atoms with Crippen LogP contribution in [0.4, 0.5) is 0 Å². The monoisotopic (exact) mass is 290 g/mol. The molecule has 116 valence electrons. The highest BCUT2D eigenvalue weighted by Crippen LogP contribution is 2.41. The fourth-order valence-corrected chi connectivity index (χ4v) is 2.60. The van der Waals surface area contributed by atoms with Crippen molar-refractivity contribution in [1.29, 1.82) is 0 Å². The first-order chi connectivity index (χ1) is 10.2. The summed E-state index contributed by atoms with van der Waals surface area (Å²) in [5.74, 6) is 1.80. The Bertz CT molecular complexity index is 450. The van der Waals surface area contributed by atoms with Crippen molar-refractivity contribution in [3.8, 4) is 5.75 Å². The van der Waals surface area contributed by atoms with E-state index in [0.717, 1.165) is 17.7 Å². The summed E-state index contributed by atoms with van der Waals surface area (Å²) >= 11 is 0. The lowest BCUT2D eigenvalue weighted by molar-refractivity contribution is -0.122. The minimum atomic E-state index is 0.111. The van der Waals surface area contributed by atoms with Crippen molar-refractivity contribution in [2.75, 3.05) is 13.7 Å². The molecule has 21 heavy (non-hydrogen) atoms. The van der Waals surface area contributed by atoms with E-state index in [1.165, 1.54) is 12.8 Å². The van der Waals surface area contributed by atoms with Crippen LogP contribution in [0.5, 0.6) is 5.75 Å². The molecule has 1 fully saturated rings. The van der Waals surface area contributed by atoms with E-state index >= 15 is 0 Å². The third kappa shape index (κ3) is 4.46. The van der Waals surface area contributed by atoms with Gasteiger partial charge in [-0.3, -0.25) is 4.79 Å². The second-order valence-corrected chi connectivity index (χ2v) is 5.87. The van der Waals surface area contributed by atoms with Crippen molar-refractivity contribution in [2.24, 2.45) is 17.6 Å². The molecular weight excluding hydrogens is 264 g/mol. The molecule has 0 heterocycles. The first-order valence-electron chi connectivity index (χ1n) is 7.81. The van der Waals surface area contributed by atoms with E-state index in [-0.39, 0.29) is 17.9 Å². The van der Waals surface area contributed by atoms with Crippen molar-refractivity contribution in [3.63, 3.8) is 0 Å². The summed E-state index contributed by atoms with van der Waals surface area (Å²) in [5, 5.41) is 3.20. The molecule has 2 unspecified atom stereocenters. The molecule has 0 bridgehead atoms. The van der Waals surface area contributed by atoms with E-state index in [4.69, 9.17) is 10.5 Å². The lowest BCUT2D eigenvalue weighted by Crippen LogP contribution is -2.32. The summed E-state index contributed by atoms with van der Waals surface area (Å²) in [7, 11) is 1.66. The smallest absolute Gasteiger partial charge is 0.220 e. The quantitative estimate of drug-likeness (QED) is 0.773. The third-order valence-electron chi connectivity index (χ3n) is 4.27. The Hall–Kier alpha value is -1.55. The van der Waals surface area contributed by atoms with Crippen LogP contribution in [0.3, 0.4) is 0 Å². The highest BCUT2D eigenvalue weighted by molar-refractivity contribution is 5.76. The molecular formula is C17H26N2O2. The van der Waals surface area contributed by atoms with Crippen LogP contribution in [-0.4, -0.2) is 19.6 Å². The van der Waals surface area contributed by atoms with Crippen LogP contribution in [-0.2, 0) is 4.79 Å². The number of ether oxygens (including phenoxy) is 1. The van der Waals surface area contributed by atoms with Gasteiger partial charge >= 0.3 is 0 Å². The van der Waals surface area contributed by atoms with Crippen LogP contribution in [0.25, 0.3) is 0 Å². The molecule has 3 N–H and O–H groups in total. The first kappa shape index (κ1) is 15.8. The normalized spacial score (nSPS) is 17.1. The second kappa shape index (κ2) is 7.46. The van der Waals surface area contributed by atoms with E-state index in [1.54, 1.807) is 7.11 Å². The van der Waals surface area contributed by atoms with Crippen LogP contribution >= 0.6 is 0 Å². The summed E-state index contributed by atoms with van der Waals surface area (Å²) in [4.78, 5) is 12.2. The minimum absolute atomic E-state index is 0.111. The predicted octanol–water partition coefficient (Wildman–Crippen LogP) is 2.64. The number of nitrogens with one attached hydrogen (secondary N) is 1. The van der Waals surface area contributed by atoms with Gasteiger partial charge in [-0.15, -0.1) is 0 Å². The molecule has 0 saturated heterocycles. The number of methoxy groups -OCH3 is 1. The lowest BCUT2D eigenvalue weighted by atomic mass is 9.99. The fraction of sp³-hybridized carbons (Fsp3) is 0.588. The molecule has 4 nitrogen and oxygen atoms in total. The van der Waals surface area contributed by atoms with Crippen LogP contribution in [0, 0.1) is 11.8 Å². The standard InChI is InChI=1S/C17H26N2O2/c1-3-12(11-18)10-16(20)19-17(13-4-5-13)14-6-8-15(21-2)9-7-14/h6-9,12-13,17H,3-5,10-11,18H2,1-2H3,(H,19,20). The zero-order chi connectivity index (χ0) is 15.2. The summed E-state index contributed by atoms with van der Waals surface area (Å²) in [6.45, 7) is 2.65. The molecule has 1 amide bonds. The zero-order valence-electron chi connectivity index (χ0n) is 13.0. The summed E-state index contributed by atoms with van der Waals surface area (Å²) in [5.41, 5.74) is 6.84. The highest BCUT2D eigenvalue weighted by atomic mass is 16.5. The number of amides is 1. The summed E-state index contributed by atoms with van der Waals surface area (Å²) in [6, 6.07) is 8.11. The topological polar surface area (TPSA) is 64.4 Å². The molecule has 1 aromatic carbocycles. The van der Waals surface area contributed by atoms with Gasteiger partial charge in [0.1, 0.15) is 5.75 Å². The Morgan fingerprint density at radius 1 is 1.38 bits per heavy atom. The summed E-state index contributed by atoms with van der Waals surface area (Å²) < 4.78 is 5.19. The van der Waals surface area contributed by atoms with Crippen LogP contribution in [0.2, 0.25) is 0 Å². The van der Waals surface area contributed by atoms with Crippen molar-refractivity contribution < 1.29 is 9.53 Å². The maximum atomic E-state index is 12.2. The van der Waals surface area contributed by atoms with Crippen molar-refractivity contribution in [1.82, 2.24) is 5.32 Å². The second-order valence-electron chi connectivity index (χ2n) is 5.87. The number of hydrogen-bond donors (Lipinski definition) is 2. The lowest BCUT2D eigenvalue weighted by Gasteiger charge is -2.21. The third-order valence-corrected chi connectivity index (χ3v) is 4.27. The SMILES string of the molecule is CCC(CN)CC(=O)NC(c1ccc(OC)cc1)C1CC1. The number of benzene rings is 1. The number of nitrogens with two attached hydrogens (primary N) is 1. The average molecular weight is 290 g/mol. The van der Waals surface area contributed by atoms with Gasteiger partial charge < -0.3 is 15.8 Å². The molecule has 1 saturated carbocycles. The van der Waals surface area contributed by atoms with Crippen molar-refractivity contribution in [3.05, 3.63) is 29.8 Å². The Labute approximate surface area is 127 Å². The number of rotatable bonds is 8. The molecule has 0 radical (unpaired) electrons. The average Bonchev–Trinajstić information content (AvgIpc) is 3.35. The number of carbonyl (C=O) groups excluding carboxylic acids is 1. The van der Waals surface area contributed by atoms with Gasteiger partial charge in [-0.2, -0.15) is 0 Å². The number of carbonyl (C=O) groups is 1. The Balaban J connectivity index is 2.00. The van der Waals surface area contributed by atoms with Gasteiger partial charge in [0.05, 0.1) is 13.2 Å². The molecule has 1 aliphatic carbocycles. The Morgan fingerprint density at radius 3 is 2.52 bits per heavy atom. The van der Waals surface area contributed by atoms with Gasteiger partial charge in [-0.25, -0.2) is 0 Å². The van der Waals surface area contributed by atoms with E-state index in [2.05, 4.69) is 12.2 Å². The maximum Gasteiger partial charge on any atom is 0.220 e. The van der Waals surface area contributed by atoms with E-state index in [9.17, 15) is 4.79 Å². The van der Waals surface area contributed by atoms with Crippen LogP contribution in [0.15, 0.2) is 24.3 Å². The number of hydrogen-bond acceptors (Lipinski definition) is 3. The van der Waals surface area contributed by atoms with Crippen molar-refractivity contribution >= 4 is 5.91 Å². The minimum Gasteiger partial charge on any atom is -0.497 e. The van der Waals surface area contributed by atoms with Gasteiger partial charge in [0.2, 0.25) is 5.91 Å². The molecule has 1 aromatic rings. The van der Waals surface area contributed by atoms with Crippen LogP contribution < -0.4 is 15.8 Å². The fourth-order valence-electron chi connectivity index (χ4n) is 2.60. The highest BCUT2D eigenvalue weighted by Gasteiger charge is 2.33. The van der Waals surface area contributed by atoms with E-state index < -0.39 is 0 Å². The van der Waals surface area contributed by atoms with Gasteiger partial charge in [0.25, 0.3) is 0 Å². The van der Waals surface area contributed by atoms with Gasteiger partial charge in [0, 0.05) is 6.42 Å². The summed E-state index contributed by atoms with van der Waals surface area (Å²) in [6.07, 6.45) is 3.84. The molecule has 2 atom stereocenters.